The van der Waals surface area contributed by atoms with Crippen molar-refractivity contribution in [3.63, 3.8) is 0 Å². The highest BCUT2D eigenvalue weighted by Gasteiger charge is 2.09. The molecule has 4 aromatic rings. The summed E-state index contributed by atoms with van der Waals surface area (Å²) >= 11 is 0. The van der Waals surface area contributed by atoms with Crippen molar-refractivity contribution in [3.05, 3.63) is 118 Å². The van der Waals surface area contributed by atoms with Crippen molar-refractivity contribution in [2.24, 2.45) is 0 Å². The van der Waals surface area contributed by atoms with Crippen molar-refractivity contribution in [2.45, 2.75) is 13.5 Å². The van der Waals surface area contributed by atoms with Gasteiger partial charge in [-0.05, 0) is 61.0 Å². The number of hydrogen-bond donors (Lipinski definition) is 1. The molecule has 0 spiro atoms. The lowest BCUT2D eigenvalue weighted by atomic mass is 10.1. The van der Waals surface area contributed by atoms with E-state index < -0.39 is 0 Å². The van der Waals surface area contributed by atoms with E-state index in [1.54, 1.807) is 36.4 Å². The van der Waals surface area contributed by atoms with Crippen molar-refractivity contribution < 1.29 is 13.9 Å². The zero-order valence-electron chi connectivity index (χ0n) is 17.3. The highest BCUT2D eigenvalue weighted by Crippen LogP contribution is 2.14. The number of ether oxygens (including phenoxy) is 1. The van der Waals surface area contributed by atoms with Crippen molar-refractivity contribution in [2.75, 3.05) is 5.32 Å². The fourth-order valence-corrected chi connectivity index (χ4v) is 3.03. The molecule has 4 rings (SSSR count). The van der Waals surface area contributed by atoms with Gasteiger partial charge in [0.1, 0.15) is 12.4 Å². The monoisotopic (exact) mass is 429 g/mol. The molecule has 6 nitrogen and oxygen atoms in total. The van der Waals surface area contributed by atoms with Gasteiger partial charge in [-0.2, -0.15) is 4.68 Å². The Morgan fingerprint density at radius 2 is 1.75 bits per heavy atom. The first-order valence-electron chi connectivity index (χ1n) is 9.94. The first-order chi connectivity index (χ1) is 15.5. The van der Waals surface area contributed by atoms with Gasteiger partial charge in [0.15, 0.2) is 0 Å². The molecule has 0 saturated heterocycles. The minimum absolute atomic E-state index is 0.112. The number of aromatic nitrogens is 2. The molecular weight excluding hydrogens is 409 g/mol. The summed E-state index contributed by atoms with van der Waals surface area (Å²) in [4.78, 5) is 24.8. The van der Waals surface area contributed by atoms with Crippen molar-refractivity contribution in [1.82, 2.24) is 9.78 Å². The number of rotatable bonds is 6. The fraction of sp³-hybridized carbons (Fsp3) is 0.0800. The van der Waals surface area contributed by atoms with Crippen molar-refractivity contribution in [1.29, 1.82) is 0 Å². The zero-order chi connectivity index (χ0) is 22.5. The quantitative estimate of drug-likeness (QED) is 0.489. The zero-order valence-corrected chi connectivity index (χ0v) is 17.3. The topological polar surface area (TPSA) is 73.2 Å². The Bertz CT molecular complexity index is 1300. The van der Waals surface area contributed by atoms with Crippen LogP contribution in [0.5, 0.6) is 5.88 Å². The number of carbonyl (C=O) groups is 1. The minimum Gasteiger partial charge on any atom is -0.472 e. The standard InChI is InChI=1S/C25H20FN3O3/c1-17-5-9-21(10-6-17)27-25(31)19-7-11-22(12-8-19)29-24(30)14-13-23(28-29)32-16-18-3-2-4-20(26)15-18/h2-15H,16H2,1H3,(H,27,31). The van der Waals surface area contributed by atoms with E-state index in [4.69, 9.17) is 4.74 Å². The van der Waals surface area contributed by atoms with Crippen LogP contribution in [0.2, 0.25) is 0 Å². The van der Waals surface area contributed by atoms with Gasteiger partial charge in [-0.1, -0.05) is 29.8 Å². The van der Waals surface area contributed by atoms with Gasteiger partial charge in [0.05, 0.1) is 5.69 Å². The molecule has 0 atom stereocenters. The van der Waals surface area contributed by atoms with Crippen LogP contribution in [0.4, 0.5) is 10.1 Å². The maximum atomic E-state index is 13.3. The number of aryl methyl sites for hydroxylation is 1. The summed E-state index contributed by atoms with van der Waals surface area (Å²) in [5.41, 5.74) is 3.03. The van der Waals surface area contributed by atoms with Crippen LogP contribution in [0, 0.1) is 12.7 Å². The fourth-order valence-electron chi connectivity index (χ4n) is 3.03. The molecular formula is C25H20FN3O3. The maximum absolute atomic E-state index is 13.3. The van der Waals surface area contributed by atoms with E-state index in [1.165, 1.54) is 28.9 Å². The molecule has 160 valence electrons. The molecule has 0 aliphatic carbocycles. The third-order valence-corrected chi connectivity index (χ3v) is 4.74. The van der Waals surface area contributed by atoms with E-state index in [0.29, 0.717) is 22.5 Å². The van der Waals surface area contributed by atoms with E-state index in [0.717, 1.165) is 5.56 Å². The number of benzene rings is 3. The first kappa shape index (κ1) is 21.0. The normalized spacial score (nSPS) is 10.6. The number of hydrogen-bond acceptors (Lipinski definition) is 4. The number of halogens is 1. The van der Waals surface area contributed by atoms with Crippen LogP contribution >= 0.6 is 0 Å². The lowest BCUT2D eigenvalue weighted by Gasteiger charge is -2.10. The summed E-state index contributed by atoms with van der Waals surface area (Å²) in [6, 6.07) is 22.9. The second-order valence-corrected chi connectivity index (χ2v) is 7.21. The number of carbonyl (C=O) groups excluding carboxylic acids is 1. The van der Waals surface area contributed by atoms with E-state index >= 15 is 0 Å². The Kier molecular flexibility index (Phi) is 6.07. The predicted molar refractivity (Wildman–Crippen MR) is 120 cm³/mol. The number of nitrogens with one attached hydrogen (secondary N) is 1. The molecule has 0 radical (unpaired) electrons. The van der Waals surface area contributed by atoms with E-state index in [9.17, 15) is 14.0 Å². The summed E-state index contributed by atoms with van der Waals surface area (Å²) < 4.78 is 20.1. The van der Waals surface area contributed by atoms with Crippen LogP contribution in [-0.2, 0) is 6.61 Å². The highest BCUT2D eigenvalue weighted by molar-refractivity contribution is 6.04. The van der Waals surface area contributed by atoms with Crippen LogP contribution in [0.3, 0.4) is 0 Å². The largest absolute Gasteiger partial charge is 0.472 e. The summed E-state index contributed by atoms with van der Waals surface area (Å²) in [6.45, 7) is 2.09. The average molecular weight is 429 g/mol. The van der Waals surface area contributed by atoms with E-state index in [-0.39, 0.29) is 29.8 Å². The molecule has 1 heterocycles. The Balaban J connectivity index is 1.48. The van der Waals surface area contributed by atoms with Crippen molar-refractivity contribution in [3.8, 4) is 11.6 Å². The Morgan fingerprint density at radius 3 is 2.47 bits per heavy atom. The number of amides is 1. The molecule has 0 aliphatic heterocycles. The van der Waals surface area contributed by atoms with E-state index in [2.05, 4.69) is 10.4 Å². The van der Waals surface area contributed by atoms with Gasteiger partial charge in [-0.25, -0.2) is 4.39 Å². The molecule has 3 aromatic carbocycles. The SMILES string of the molecule is Cc1ccc(NC(=O)c2ccc(-n3nc(OCc4cccc(F)c4)ccc3=O)cc2)cc1. The molecule has 0 unspecified atom stereocenters. The van der Waals surface area contributed by atoms with Crippen LogP contribution in [0.15, 0.2) is 89.7 Å². The summed E-state index contributed by atoms with van der Waals surface area (Å²) in [7, 11) is 0. The molecule has 0 aliphatic rings. The molecule has 0 fully saturated rings. The Labute approximate surface area is 183 Å². The van der Waals surface area contributed by atoms with Crippen molar-refractivity contribution >= 4 is 11.6 Å². The molecule has 0 bridgehead atoms. The van der Waals surface area contributed by atoms with Crippen LogP contribution in [0.1, 0.15) is 21.5 Å². The first-order valence-corrected chi connectivity index (χ1v) is 9.94. The van der Waals surface area contributed by atoms with Gasteiger partial charge in [-0.15, -0.1) is 5.10 Å². The summed E-state index contributed by atoms with van der Waals surface area (Å²) in [6.07, 6.45) is 0. The molecule has 32 heavy (non-hydrogen) atoms. The smallest absolute Gasteiger partial charge is 0.271 e. The van der Waals surface area contributed by atoms with Gasteiger partial charge in [0, 0.05) is 23.4 Å². The average Bonchev–Trinajstić information content (AvgIpc) is 2.80. The second kappa shape index (κ2) is 9.26. The molecule has 0 saturated carbocycles. The summed E-state index contributed by atoms with van der Waals surface area (Å²) in [5.74, 6) is -0.390. The van der Waals surface area contributed by atoms with Crippen LogP contribution < -0.4 is 15.6 Å². The third-order valence-electron chi connectivity index (χ3n) is 4.74. The highest BCUT2D eigenvalue weighted by atomic mass is 19.1. The molecule has 7 heteroatoms. The van der Waals surface area contributed by atoms with Gasteiger partial charge < -0.3 is 10.1 Å². The third kappa shape index (κ3) is 5.07. The molecule has 1 N–H and O–H groups in total. The van der Waals surface area contributed by atoms with Gasteiger partial charge in [-0.3, -0.25) is 9.59 Å². The predicted octanol–water partition coefficient (Wildman–Crippen LogP) is 4.51. The van der Waals surface area contributed by atoms with Gasteiger partial charge in [0.2, 0.25) is 5.88 Å². The summed E-state index contributed by atoms with van der Waals surface area (Å²) in [5, 5.41) is 7.05. The van der Waals surface area contributed by atoms with Crippen LogP contribution in [-0.4, -0.2) is 15.7 Å². The van der Waals surface area contributed by atoms with E-state index in [1.807, 2.05) is 31.2 Å². The Hall–Kier alpha value is -4.26. The second-order valence-electron chi connectivity index (χ2n) is 7.21. The lowest BCUT2D eigenvalue weighted by molar-refractivity contribution is 0.102. The number of anilines is 1. The van der Waals surface area contributed by atoms with Gasteiger partial charge in [0.25, 0.3) is 11.5 Å². The molecule has 1 amide bonds. The van der Waals surface area contributed by atoms with Gasteiger partial charge >= 0.3 is 0 Å². The maximum Gasteiger partial charge on any atom is 0.271 e. The molecule has 1 aromatic heterocycles. The van der Waals surface area contributed by atoms with Crippen LogP contribution in [0.25, 0.3) is 5.69 Å². The lowest BCUT2D eigenvalue weighted by Crippen LogP contribution is -2.20. The Morgan fingerprint density at radius 1 is 1.00 bits per heavy atom. The minimum atomic E-state index is -0.351. The number of nitrogens with zero attached hydrogens (tertiary/aromatic N) is 2.